The Bertz CT molecular complexity index is 894. The summed E-state index contributed by atoms with van der Waals surface area (Å²) >= 11 is 0. The molecule has 0 amide bonds. The molecule has 2 N–H and O–H groups in total. The summed E-state index contributed by atoms with van der Waals surface area (Å²) in [4.78, 5) is 4.69. The number of nitrogens with two attached hydrogens (primary N) is 1. The summed E-state index contributed by atoms with van der Waals surface area (Å²) in [7, 11) is 0. The van der Waals surface area contributed by atoms with E-state index in [1.807, 2.05) is 23.7 Å². The molecule has 0 radical (unpaired) electrons. The van der Waals surface area contributed by atoms with Crippen LogP contribution >= 0.6 is 12.4 Å². The van der Waals surface area contributed by atoms with E-state index in [2.05, 4.69) is 27.3 Å². The van der Waals surface area contributed by atoms with E-state index in [-0.39, 0.29) is 30.5 Å². The van der Waals surface area contributed by atoms with Crippen molar-refractivity contribution in [1.29, 1.82) is 0 Å². The van der Waals surface area contributed by atoms with E-state index in [1.165, 1.54) is 0 Å². The maximum absolute atomic E-state index is 6.27. The minimum absolute atomic E-state index is 0. The first kappa shape index (κ1) is 19.7. The summed E-state index contributed by atoms with van der Waals surface area (Å²) in [6.07, 6.45) is 5.38. The molecule has 3 aromatic heterocycles. The predicted molar refractivity (Wildman–Crippen MR) is 102 cm³/mol. The number of aryl methyl sites for hydroxylation is 1. The van der Waals surface area contributed by atoms with Crippen molar-refractivity contribution in [3.05, 3.63) is 30.1 Å². The van der Waals surface area contributed by atoms with Crippen LogP contribution in [0.25, 0.3) is 11.5 Å². The quantitative estimate of drug-likeness (QED) is 0.705. The van der Waals surface area contributed by atoms with E-state index in [0.29, 0.717) is 11.5 Å². The maximum atomic E-state index is 6.27. The van der Waals surface area contributed by atoms with Gasteiger partial charge in [0.1, 0.15) is 18.0 Å². The highest BCUT2D eigenvalue weighted by atomic mass is 35.5. The van der Waals surface area contributed by atoms with Crippen molar-refractivity contribution in [2.45, 2.75) is 57.6 Å². The topological polar surface area (TPSA) is 109 Å². The summed E-state index contributed by atoms with van der Waals surface area (Å²) in [6.45, 7) is 4.75. The van der Waals surface area contributed by atoms with Gasteiger partial charge in [0.2, 0.25) is 0 Å². The molecule has 27 heavy (non-hydrogen) atoms. The molecule has 1 aliphatic rings. The van der Waals surface area contributed by atoms with E-state index in [4.69, 9.17) is 15.5 Å². The molecule has 146 valence electrons. The lowest BCUT2D eigenvalue weighted by atomic mass is 9.83. The SMILES string of the molecule is CCCO[C@@H]1C[C@@H](c2nc(C)nn2-c2ccc3nncn3n2)CC[C@H]1N.Cl. The Hall–Kier alpha value is -2.10. The van der Waals surface area contributed by atoms with Crippen molar-refractivity contribution >= 4 is 18.1 Å². The maximum Gasteiger partial charge on any atom is 0.177 e. The molecule has 0 saturated heterocycles. The lowest BCUT2D eigenvalue weighted by Gasteiger charge is -2.33. The molecule has 0 unspecified atom stereocenters. The van der Waals surface area contributed by atoms with Crippen LogP contribution in [0.3, 0.4) is 0 Å². The van der Waals surface area contributed by atoms with Crippen molar-refractivity contribution in [3.63, 3.8) is 0 Å². The number of hydrogen-bond donors (Lipinski definition) is 1. The fourth-order valence-corrected chi connectivity index (χ4v) is 3.54. The average Bonchev–Trinajstić information content (AvgIpc) is 3.26. The second kappa shape index (κ2) is 8.28. The Morgan fingerprint density at radius 2 is 2.11 bits per heavy atom. The molecule has 9 nitrogen and oxygen atoms in total. The molecule has 3 heterocycles. The van der Waals surface area contributed by atoms with E-state index in [1.54, 1.807) is 10.8 Å². The minimum Gasteiger partial charge on any atom is -0.377 e. The highest BCUT2D eigenvalue weighted by Gasteiger charge is 2.33. The van der Waals surface area contributed by atoms with Gasteiger partial charge < -0.3 is 10.5 Å². The zero-order chi connectivity index (χ0) is 18.1. The van der Waals surface area contributed by atoms with Crippen LogP contribution in [0.5, 0.6) is 0 Å². The second-order valence-electron chi connectivity index (χ2n) is 6.84. The first-order valence-electron chi connectivity index (χ1n) is 9.14. The molecular weight excluding hydrogens is 368 g/mol. The van der Waals surface area contributed by atoms with Gasteiger partial charge in [0.15, 0.2) is 11.5 Å². The largest absolute Gasteiger partial charge is 0.377 e. The Morgan fingerprint density at radius 3 is 2.93 bits per heavy atom. The van der Waals surface area contributed by atoms with Crippen molar-refractivity contribution in [3.8, 4) is 5.82 Å². The summed E-state index contributed by atoms with van der Waals surface area (Å²) in [5, 5.41) is 17.0. The molecule has 0 aliphatic heterocycles. The molecule has 0 spiro atoms. The lowest BCUT2D eigenvalue weighted by molar-refractivity contribution is 0.00882. The van der Waals surface area contributed by atoms with Gasteiger partial charge in [0, 0.05) is 18.6 Å². The summed E-state index contributed by atoms with van der Waals surface area (Å²) < 4.78 is 9.44. The molecular formula is C17H25ClN8O. The van der Waals surface area contributed by atoms with Crippen LogP contribution in [-0.2, 0) is 4.74 Å². The molecule has 3 aromatic rings. The standard InChI is InChI=1S/C17H24N8O.ClH/c1-3-8-26-14-9-12(4-5-13(14)18)17-20-11(2)22-25(17)16-7-6-15-21-19-10-24(15)23-16;/h6-7,10,12-14H,3-5,8-9,18H2,1-2H3;1H/t12-,13+,14+;/m0./s1. The highest BCUT2D eigenvalue weighted by molar-refractivity contribution is 5.85. The highest BCUT2D eigenvalue weighted by Crippen LogP contribution is 2.33. The molecule has 10 heteroatoms. The molecule has 1 fully saturated rings. The number of aromatic nitrogens is 7. The van der Waals surface area contributed by atoms with E-state index in [0.717, 1.165) is 43.9 Å². The zero-order valence-corrected chi connectivity index (χ0v) is 16.3. The fraction of sp³-hybridized carbons (Fsp3) is 0.588. The second-order valence-corrected chi connectivity index (χ2v) is 6.84. The van der Waals surface area contributed by atoms with Crippen LogP contribution in [0.15, 0.2) is 18.5 Å². The van der Waals surface area contributed by atoms with Gasteiger partial charge >= 0.3 is 0 Å². The number of halogens is 1. The molecule has 1 saturated carbocycles. The van der Waals surface area contributed by atoms with E-state index >= 15 is 0 Å². The summed E-state index contributed by atoms with van der Waals surface area (Å²) in [5.74, 6) is 2.59. The Labute approximate surface area is 163 Å². The van der Waals surface area contributed by atoms with Gasteiger partial charge in [-0.05, 0) is 44.7 Å². The zero-order valence-electron chi connectivity index (χ0n) is 15.5. The van der Waals surface area contributed by atoms with Crippen LogP contribution in [-0.4, -0.2) is 53.3 Å². The van der Waals surface area contributed by atoms with Gasteiger partial charge in [0.05, 0.1) is 6.10 Å². The smallest absolute Gasteiger partial charge is 0.177 e. The lowest BCUT2D eigenvalue weighted by Crippen LogP contribution is -2.42. The Morgan fingerprint density at radius 1 is 1.26 bits per heavy atom. The molecule has 1 aliphatic carbocycles. The number of hydrogen-bond acceptors (Lipinski definition) is 7. The predicted octanol–water partition coefficient (Wildman–Crippen LogP) is 1.83. The van der Waals surface area contributed by atoms with Crippen molar-refractivity contribution < 1.29 is 4.74 Å². The Balaban J connectivity index is 0.00000210. The number of fused-ring (bicyclic) bond motifs is 1. The van der Waals surface area contributed by atoms with Crippen molar-refractivity contribution in [2.24, 2.45) is 5.73 Å². The summed E-state index contributed by atoms with van der Waals surface area (Å²) in [6, 6.07) is 3.85. The number of nitrogens with zero attached hydrogens (tertiary/aromatic N) is 7. The average molecular weight is 393 g/mol. The van der Waals surface area contributed by atoms with Crippen LogP contribution in [0, 0.1) is 6.92 Å². The number of ether oxygens (including phenoxy) is 1. The number of rotatable bonds is 5. The third kappa shape index (κ3) is 3.95. The van der Waals surface area contributed by atoms with Crippen LogP contribution in [0.1, 0.15) is 50.2 Å². The van der Waals surface area contributed by atoms with Gasteiger partial charge in [-0.2, -0.15) is 9.20 Å². The van der Waals surface area contributed by atoms with Crippen LogP contribution in [0.4, 0.5) is 0 Å². The van der Waals surface area contributed by atoms with Crippen LogP contribution < -0.4 is 5.73 Å². The van der Waals surface area contributed by atoms with Gasteiger partial charge in [-0.25, -0.2) is 4.98 Å². The molecule has 3 atom stereocenters. The first-order valence-corrected chi connectivity index (χ1v) is 9.14. The minimum atomic E-state index is 0. The first-order chi connectivity index (χ1) is 12.7. The van der Waals surface area contributed by atoms with Crippen molar-refractivity contribution in [2.75, 3.05) is 6.61 Å². The normalized spacial score (nSPS) is 22.7. The fourth-order valence-electron chi connectivity index (χ4n) is 3.54. The van der Waals surface area contributed by atoms with Gasteiger partial charge in [-0.3, -0.25) is 0 Å². The third-order valence-electron chi connectivity index (χ3n) is 4.85. The van der Waals surface area contributed by atoms with Gasteiger partial charge in [-0.15, -0.1) is 32.8 Å². The summed E-state index contributed by atoms with van der Waals surface area (Å²) in [5.41, 5.74) is 6.97. The molecule has 0 bridgehead atoms. The monoisotopic (exact) mass is 392 g/mol. The van der Waals surface area contributed by atoms with Crippen molar-refractivity contribution in [1.82, 2.24) is 34.6 Å². The van der Waals surface area contributed by atoms with E-state index < -0.39 is 0 Å². The third-order valence-corrected chi connectivity index (χ3v) is 4.85. The van der Waals surface area contributed by atoms with E-state index in [9.17, 15) is 0 Å². The van der Waals surface area contributed by atoms with Crippen LogP contribution in [0.2, 0.25) is 0 Å². The van der Waals surface area contributed by atoms with Gasteiger partial charge in [-0.1, -0.05) is 6.92 Å². The van der Waals surface area contributed by atoms with Gasteiger partial charge in [0.25, 0.3) is 0 Å². The molecule has 4 rings (SSSR count). The Kier molecular flexibility index (Phi) is 6.03. The molecule has 0 aromatic carbocycles.